The molecule has 4 rings (SSSR count). The Morgan fingerprint density at radius 2 is 1.71 bits per heavy atom. The van der Waals surface area contributed by atoms with Crippen LogP contribution in [0.3, 0.4) is 0 Å². The minimum atomic E-state index is -0.0131. The number of hydrogen-bond acceptors (Lipinski definition) is 6. The van der Waals surface area contributed by atoms with Crippen molar-refractivity contribution in [3.63, 3.8) is 0 Å². The van der Waals surface area contributed by atoms with Crippen molar-refractivity contribution in [2.75, 3.05) is 5.75 Å². The van der Waals surface area contributed by atoms with Crippen molar-refractivity contribution < 1.29 is 4.79 Å². The maximum atomic E-state index is 12.2. The van der Waals surface area contributed by atoms with E-state index in [9.17, 15) is 4.79 Å². The molecule has 0 saturated carbocycles. The van der Waals surface area contributed by atoms with Crippen LogP contribution >= 0.6 is 34.4 Å². The average Bonchev–Trinajstić information content (AvgIpc) is 3.48. The van der Waals surface area contributed by atoms with E-state index in [4.69, 9.17) is 0 Å². The van der Waals surface area contributed by atoms with Crippen LogP contribution in [-0.2, 0) is 17.8 Å². The van der Waals surface area contributed by atoms with Gasteiger partial charge in [0.05, 0.1) is 12.3 Å². The fourth-order valence-corrected chi connectivity index (χ4v) is 4.84. The van der Waals surface area contributed by atoms with Crippen LogP contribution in [0.5, 0.6) is 0 Å². The molecule has 0 saturated heterocycles. The van der Waals surface area contributed by atoms with Gasteiger partial charge < -0.3 is 5.32 Å². The highest BCUT2D eigenvalue weighted by molar-refractivity contribution is 7.99. The first-order valence-corrected chi connectivity index (χ1v) is 11.5. The molecular weight excluding hydrogens is 408 g/mol. The van der Waals surface area contributed by atoms with Crippen molar-refractivity contribution in [1.82, 2.24) is 20.1 Å². The lowest BCUT2D eigenvalue weighted by Crippen LogP contribution is -2.24. The normalized spacial score (nSPS) is 10.9. The van der Waals surface area contributed by atoms with Crippen molar-refractivity contribution in [2.45, 2.75) is 18.1 Å². The largest absolute Gasteiger partial charge is 0.350 e. The van der Waals surface area contributed by atoms with E-state index in [1.165, 1.54) is 16.6 Å². The van der Waals surface area contributed by atoms with Gasteiger partial charge in [0.1, 0.15) is 5.82 Å². The summed E-state index contributed by atoms with van der Waals surface area (Å²) in [7, 11) is 0. The molecule has 0 aliphatic heterocycles. The van der Waals surface area contributed by atoms with Crippen molar-refractivity contribution >= 4 is 40.3 Å². The standard InChI is InChI=1S/C20H18N4OS3/c25-19(21-13-17-9-5-11-27-17)14-28-20-23-22-18(12-16-8-4-10-26-16)24(20)15-6-2-1-3-7-15/h1-11H,12-14H2,(H,21,25). The van der Waals surface area contributed by atoms with E-state index in [-0.39, 0.29) is 5.91 Å². The predicted octanol–water partition coefficient (Wildman–Crippen LogP) is 4.39. The summed E-state index contributed by atoms with van der Waals surface area (Å²) in [5, 5.41) is 16.5. The number of carbonyl (C=O) groups is 1. The molecule has 0 aliphatic carbocycles. The Hall–Kier alpha value is -2.42. The third-order valence-electron chi connectivity index (χ3n) is 4.00. The molecule has 3 heterocycles. The summed E-state index contributed by atoms with van der Waals surface area (Å²) in [4.78, 5) is 14.6. The van der Waals surface area contributed by atoms with E-state index in [1.54, 1.807) is 22.7 Å². The number of amides is 1. The number of carbonyl (C=O) groups excluding carboxylic acids is 1. The van der Waals surface area contributed by atoms with Crippen LogP contribution in [0.4, 0.5) is 0 Å². The highest BCUT2D eigenvalue weighted by Gasteiger charge is 2.16. The lowest BCUT2D eigenvalue weighted by molar-refractivity contribution is -0.118. The molecule has 28 heavy (non-hydrogen) atoms. The lowest BCUT2D eigenvalue weighted by Gasteiger charge is -2.10. The number of nitrogens with one attached hydrogen (secondary N) is 1. The summed E-state index contributed by atoms with van der Waals surface area (Å²) in [6.45, 7) is 0.562. The van der Waals surface area contributed by atoms with Gasteiger partial charge in [-0.05, 0) is 35.0 Å². The molecule has 1 N–H and O–H groups in total. The van der Waals surface area contributed by atoms with Gasteiger partial charge in [-0.15, -0.1) is 32.9 Å². The number of rotatable bonds is 8. The van der Waals surface area contributed by atoms with E-state index in [2.05, 4.69) is 27.0 Å². The summed E-state index contributed by atoms with van der Waals surface area (Å²) >= 11 is 4.75. The van der Waals surface area contributed by atoms with Gasteiger partial charge in [-0.3, -0.25) is 9.36 Å². The smallest absolute Gasteiger partial charge is 0.230 e. The second kappa shape index (κ2) is 9.18. The fourth-order valence-electron chi connectivity index (χ4n) is 2.69. The van der Waals surface area contributed by atoms with Crippen LogP contribution in [0.15, 0.2) is 70.5 Å². The number of aromatic nitrogens is 3. The molecule has 142 valence electrons. The molecule has 0 bridgehead atoms. The number of thioether (sulfide) groups is 1. The molecule has 0 aliphatic rings. The maximum absolute atomic E-state index is 12.2. The summed E-state index contributed by atoms with van der Waals surface area (Å²) in [6.07, 6.45) is 0.713. The summed E-state index contributed by atoms with van der Waals surface area (Å²) in [5.41, 5.74) is 1.00. The van der Waals surface area contributed by atoms with Crippen molar-refractivity contribution in [3.05, 3.63) is 80.9 Å². The number of thiophene rings is 2. The zero-order valence-corrected chi connectivity index (χ0v) is 17.4. The molecule has 0 spiro atoms. The topological polar surface area (TPSA) is 59.8 Å². The first-order valence-electron chi connectivity index (χ1n) is 8.73. The van der Waals surface area contributed by atoms with Gasteiger partial charge in [-0.25, -0.2) is 0 Å². The van der Waals surface area contributed by atoms with Crippen molar-refractivity contribution in [3.8, 4) is 5.69 Å². The second-order valence-electron chi connectivity index (χ2n) is 5.97. The van der Waals surface area contributed by atoms with Crippen LogP contribution in [0.2, 0.25) is 0 Å². The number of benzene rings is 1. The highest BCUT2D eigenvalue weighted by atomic mass is 32.2. The third-order valence-corrected chi connectivity index (χ3v) is 6.68. The molecule has 5 nitrogen and oxygen atoms in total. The Balaban J connectivity index is 1.48. The first-order chi connectivity index (χ1) is 13.8. The highest BCUT2D eigenvalue weighted by Crippen LogP contribution is 2.24. The fraction of sp³-hybridized carbons (Fsp3) is 0.150. The van der Waals surface area contributed by atoms with Gasteiger partial charge in [0.15, 0.2) is 5.16 Å². The third kappa shape index (κ3) is 4.70. The number of hydrogen-bond donors (Lipinski definition) is 1. The van der Waals surface area contributed by atoms with E-state index < -0.39 is 0 Å². The summed E-state index contributed by atoms with van der Waals surface area (Å²) < 4.78 is 2.04. The molecule has 8 heteroatoms. The van der Waals surface area contributed by atoms with Crippen LogP contribution in [-0.4, -0.2) is 26.4 Å². The molecule has 0 atom stereocenters. The zero-order valence-electron chi connectivity index (χ0n) is 14.9. The van der Waals surface area contributed by atoms with Gasteiger partial charge in [-0.2, -0.15) is 0 Å². The predicted molar refractivity (Wildman–Crippen MR) is 115 cm³/mol. The van der Waals surface area contributed by atoms with Gasteiger partial charge in [0, 0.05) is 21.9 Å². The Morgan fingerprint density at radius 3 is 2.43 bits per heavy atom. The zero-order chi connectivity index (χ0) is 19.2. The van der Waals surface area contributed by atoms with Crippen LogP contribution < -0.4 is 5.32 Å². The first kappa shape index (κ1) is 18.9. The molecule has 0 radical (unpaired) electrons. The molecule has 4 aromatic rings. The summed E-state index contributed by atoms with van der Waals surface area (Å²) in [6, 6.07) is 18.2. The maximum Gasteiger partial charge on any atom is 0.230 e. The average molecular weight is 427 g/mol. The molecule has 0 unspecified atom stereocenters. The minimum absolute atomic E-state index is 0.0131. The summed E-state index contributed by atoms with van der Waals surface area (Å²) in [5.74, 6) is 1.16. The van der Waals surface area contributed by atoms with Gasteiger partial charge in [0.2, 0.25) is 5.91 Å². The van der Waals surface area contributed by atoms with Gasteiger partial charge >= 0.3 is 0 Å². The van der Waals surface area contributed by atoms with Gasteiger partial charge in [0.25, 0.3) is 0 Å². The quantitative estimate of drug-likeness (QED) is 0.425. The molecule has 3 aromatic heterocycles. The van der Waals surface area contributed by atoms with Gasteiger partial charge in [-0.1, -0.05) is 42.1 Å². The van der Waals surface area contributed by atoms with Crippen molar-refractivity contribution in [1.29, 1.82) is 0 Å². The van der Waals surface area contributed by atoms with E-state index in [0.29, 0.717) is 18.7 Å². The molecule has 1 aromatic carbocycles. The number of para-hydroxylation sites is 1. The van der Waals surface area contributed by atoms with E-state index in [1.807, 2.05) is 58.5 Å². The molecule has 1 amide bonds. The molecule has 0 fully saturated rings. The van der Waals surface area contributed by atoms with Crippen molar-refractivity contribution in [2.24, 2.45) is 0 Å². The van der Waals surface area contributed by atoms with Crippen LogP contribution in [0.25, 0.3) is 5.69 Å². The monoisotopic (exact) mass is 426 g/mol. The Labute approximate surface area is 175 Å². The van der Waals surface area contributed by atoms with E-state index >= 15 is 0 Å². The Morgan fingerprint density at radius 1 is 0.964 bits per heavy atom. The second-order valence-corrected chi connectivity index (χ2v) is 8.98. The van der Waals surface area contributed by atoms with E-state index in [0.717, 1.165) is 21.5 Å². The van der Waals surface area contributed by atoms with Crippen LogP contribution in [0.1, 0.15) is 15.6 Å². The Kier molecular flexibility index (Phi) is 6.20. The number of nitrogens with zero attached hydrogens (tertiary/aromatic N) is 3. The minimum Gasteiger partial charge on any atom is -0.350 e. The molecular formula is C20H18N4OS3. The lowest BCUT2D eigenvalue weighted by atomic mass is 10.3. The Bertz CT molecular complexity index is 1010. The SMILES string of the molecule is O=C(CSc1nnc(Cc2cccs2)n1-c1ccccc1)NCc1cccs1. The van der Waals surface area contributed by atoms with Crippen LogP contribution in [0, 0.1) is 0 Å².